The van der Waals surface area contributed by atoms with E-state index < -0.39 is 38.0 Å². The number of carbonyl (C=O) groups excluding carboxylic acids is 1. The number of halogens is 2. The third kappa shape index (κ3) is 2.66. The molecule has 0 heterocycles. The van der Waals surface area contributed by atoms with Crippen molar-refractivity contribution in [3.8, 4) is 5.75 Å². The lowest BCUT2D eigenvalue weighted by molar-refractivity contribution is -0.108. The van der Waals surface area contributed by atoms with Gasteiger partial charge in [0.25, 0.3) is 0 Å². The maximum atomic E-state index is 13.7. The van der Waals surface area contributed by atoms with Gasteiger partial charge >= 0.3 is 0 Å². The number of sulfone groups is 1. The topological polar surface area (TPSA) is 71.4 Å². The Morgan fingerprint density at radius 1 is 1.44 bits per heavy atom. The molecule has 18 heavy (non-hydrogen) atoms. The number of phenolic OH excluding ortho intramolecular Hbond substituents is 1. The smallest absolute Gasteiger partial charge is 0.186 e. The van der Waals surface area contributed by atoms with Crippen molar-refractivity contribution in [1.29, 1.82) is 0 Å². The van der Waals surface area contributed by atoms with Crippen LogP contribution >= 0.6 is 0 Å². The molecule has 7 heteroatoms. The molecule has 1 rings (SSSR count). The number of hydrogen-bond acceptors (Lipinski definition) is 4. The van der Waals surface area contributed by atoms with Crippen LogP contribution in [0.4, 0.5) is 8.78 Å². The Morgan fingerprint density at radius 2 is 2.00 bits per heavy atom. The minimum Gasteiger partial charge on any atom is -0.505 e. The molecule has 4 nitrogen and oxygen atoms in total. The van der Waals surface area contributed by atoms with E-state index in [9.17, 15) is 27.1 Å². The molecule has 0 saturated heterocycles. The molecule has 0 aromatic heterocycles. The fourth-order valence-corrected chi connectivity index (χ4v) is 2.43. The van der Waals surface area contributed by atoms with Crippen molar-refractivity contribution < 1.29 is 27.1 Å². The molecule has 0 radical (unpaired) electrons. The van der Waals surface area contributed by atoms with E-state index in [0.717, 1.165) is 6.07 Å². The Morgan fingerprint density at radius 3 is 2.44 bits per heavy atom. The molecule has 0 aliphatic rings. The first-order valence-corrected chi connectivity index (χ1v) is 6.93. The Labute approximate surface area is 103 Å². The molecule has 0 saturated carbocycles. The van der Waals surface area contributed by atoms with Crippen LogP contribution in [0.25, 0.3) is 0 Å². The van der Waals surface area contributed by atoms with E-state index >= 15 is 0 Å². The van der Waals surface area contributed by atoms with Crippen molar-refractivity contribution in [2.24, 2.45) is 0 Å². The van der Waals surface area contributed by atoms with E-state index in [1.54, 1.807) is 0 Å². The minimum atomic E-state index is -4.12. The summed E-state index contributed by atoms with van der Waals surface area (Å²) in [6, 6.07) is 0.739. The van der Waals surface area contributed by atoms with Gasteiger partial charge in [-0.25, -0.2) is 17.2 Å². The molecule has 100 valence electrons. The number of carbonyl (C=O) groups is 1. The molecule has 1 unspecified atom stereocenters. The van der Waals surface area contributed by atoms with E-state index in [4.69, 9.17) is 0 Å². The van der Waals surface area contributed by atoms with Gasteiger partial charge in [0.15, 0.2) is 21.4 Å². The van der Waals surface area contributed by atoms with Crippen molar-refractivity contribution in [3.63, 3.8) is 0 Å². The minimum absolute atomic E-state index is 0.0370. The average molecular weight is 278 g/mol. The number of aldehydes is 1. The van der Waals surface area contributed by atoms with Gasteiger partial charge in [-0.05, 0) is 12.0 Å². The van der Waals surface area contributed by atoms with Gasteiger partial charge in [0.2, 0.25) is 0 Å². The Hall–Kier alpha value is -1.50. The molecule has 0 fully saturated rings. The highest BCUT2D eigenvalue weighted by atomic mass is 32.2. The van der Waals surface area contributed by atoms with E-state index in [-0.39, 0.29) is 12.0 Å². The van der Waals surface area contributed by atoms with E-state index in [2.05, 4.69) is 0 Å². The van der Waals surface area contributed by atoms with Crippen molar-refractivity contribution in [1.82, 2.24) is 0 Å². The molecule has 0 aliphatic heterocycles. The Balaban J connectivity index is 3.52. The number of phenols is 1. The first-order valence-electron chi connectivity index (χ1n) is 5.04. The Kier molecular flexibility index (Phi) is 4.05. The lowest BCUT2D eigenvalue weighted by atomic mass is 9.97. The predicted octanol–water partition coefficient (Wildman–Crippen LogP) is 1.77. The van der Waals surface area contributed by atoms with Crippen LogP contribution in [-0.2, 0) is 14.6 Å². The zero-order valence-electron chi connectivity index (χ0n) is 9.78. The summed E-state index contributed by atoms with van der Waals surface area (Å²) < 4.78 is 49.6. The third-order valence-electron chi connectivity index (χ3n) is 2.53. The van der Waals surface area contributed by atoms with Gasteiger partial charge in [0.1, 0.15) is 17.0 Å². The molecule has 1 aromatic carbocycles. The lowest BCUT2D eigenvalue weighted by Gasteiger charge is -2.13. The first-order chi connectivity index (χ1) is 8.20. The zero-order chi connectivity index (χ0) is 14.1. The van der Waals surface area contributed by atoms with Crippen LogP contribution in [0.15, 0.2) is 11.0 Å². The quantitative estimate of drug-likeness (QED) is 0.852. The first kappa shape index (κ1) is 14.6. The van der Waals surface area contributed by atoms with Crippen LogP contribution in [-0.4, -0.2) is 26.1 Å². The number of hydrogen-bond donors (Lipinski definition) is 1. The Bertz CT molecular complexity index is 581. The average Bonchev–Trinajstić information content (AvgIpc) is 2.21. The highest BCUT2D eigenvalue weighted by Gasteiger charge is 2.26. The maximum Gasteiger partial charge on any atom is 0.186 e. The van der Waals surface area contributed by atoms with Crippen LogP contribution in [0.1, 0.15) is 24.8 Å². The molecule has 0 amide bonds. The van der Waals surface area contributed by atoms with Crippen LogP contribution in [0.3, 0.4) is 0 Å². The maximum absolute atomic E-state index is 13.7. The summed E-state index contributed by atoms with van der Waals surface area (Å²) in [5.74, 6) is -4.35. The van der Waals surface area contributed by atoms with Crippen LogP contribution in [0.2, 0.25) is 0 Å². The van der Waals surface area contributed by atoms with Gasteiger partial charge in [0, 0.05) is 18.2 Å². The van der Waals surface area contributed by atoms with Crippen molar-refractivity contribution >= 4 is 16.1 Å². The molecular weight excluding hydrogens is 266 g/mol. The van der Waals surface area contributed by atoms with Gasteiger partial charge < -0.3 is 9.90 Å². The fraction of sp³-hybridized carbons (Fsp3) is 0.364. The highest BCUT2D eigenvalue weighted by molar-refractivity contribution is 7.90. The number of benzene rings is 1. The lowest BCUT2D eigenvalue weighted by Crippen LogP contribution is -2.07. The van der Waals surface area contributed by atoms with Gasteiger partial charge in [-0.3, -0.25) is 0 Å². The molecular formula is C11H12F2O4S. The second kappa shape index (κ2) is 5.01. The summed E-state index contributed by atoms with van der Waals surface area (Å²) >= 11 is 0. The second-order valence-electron chi connectivity index (χ2n) is 4.01. The summed E-state index contributed by atoms with van der Waals surface area (Å²) in [5, 5.41) is 9.54. The van der Waals surface area contributed by atoms with E-state index in [1.165, 1.54) is 6.92 Å². The fourth-order valence-electron chi connectivity index (χ4n) is 1.60. The van der Waals surface area contributed by atoms with E-state index in [1.807, 2.05) is 0 Å². The summed E-state index contributed by atoms with van der Waals surface area (Å²) in [4.78, 5) is 9.17. The summed E-state index contributed by atoms with van der Waals surface area (Å²) in [6.07, 6.45) is 1.15. The van der Waals surface area contributed by atoms with Gasteiger partial charge in [-0.15, -0.1) is 0 Å². The number of rotatable bonds is 4. The van der Waals surface area contributed by atoms with Gasteiger partial charge in [-0.2, -0.15) is 0 Å². The van der Waals surface area contributed by atoms with Crippen LogP contribution in [0.5, 0.6) is 5.75 Å². The standard InChI is InChI=1S/C11H12F2O4S/c1-6(3-4-14)7-5-8(12)11(18(2,16)17)9(13)10(7)15/h4-6,15H,3H2,1-2H3. The van der Waals surface area contributed by atoms with Gasteiger partial charge in [0.05, 0.1) is 0 Å². The number of aromatic hydroxyl groups is 1. The molecule has 0 spiro atoms. The van der Waals surface area contributed by atoms with Crippen molar-refractivity contribution in [2.75, 3.05) is 6.26 Å². The molecule has 0 aliphatic carbocycles. The van der Waals surface area contributed by atoms with Crippen molar-refractivity contribution in [3.05, 3.63) is 23.3 Å². The predicted molar refractivity (Wildman–Crippen MR) is 60.2 cm³/mol. The SMILES string of the molecule is CC(CC=O)c1cc(F)c(S(C)(=O)=O)c(F)c1O. The monoisotopic (exact) mass is 278 g/mol. The second-order valence-corrected chi connectivity index (χ2v) is 5.97. The third-order valence-corrected chi connectivity index (χ3v) is 3.65. The molecule has 0 bridgehead atoms. The zero-order valence-corrected chi connectivity index (χ0v) is 10.6. The summed E-state index contributed by atoms with van der Waals surface area (Å²) in [7, 11) is -4.12. The van der Waals surface area contributed by atoms with Crippen LogP contribution < -0.4 is 0 Å². The van der Waals surface area contributed by atoms with Gasteiger partial charge in [-0.1, -0.05) is 6.92 Å². The van der Waals surface area contributed by atoms with Crippen LogP contribution in [0, 0.1) is 11.6 Å². The normalized spacial score (nSPS) is 13.3. The largest absolute Gasteiger partial charge is 0.505 e. The molecule has 1 aromatic rings. The highest BCUT2D eigenvalue weighted by Crippen LogP contribution is 2.35. The van der Waals surface area contributed by atoms with E-state index in [0.29, 0.717) is 12.5 Å². The molecule has 1 atom stereocenters. The summed E-state index contributed by atoms with van der Waals surface area (Å²) in [5.41, 5.74) is -0.135. The van der Waals surface area contributed by atoms with Crippen molar-refractivity contribution in [2.45, 2.75) is 24.2 Å². The molecule has 1 N–H and O–H groups in total. The summed E-state index contributed by atoms with van der Waals surface area (Å²) in [6.45, 7) is 1.49.